The molecule has 0 radical (unpaired) electrons. The fourth-order valence-corrected chi connectivity index (χ4v) is 4.59. The van der Waals surface area contributed by atoms with E-state index in [-0.39, 0.29) is 23.5 Å². The predicted molar refractivity (Wildman–Crippen MR) is 119 cm³/mol. The number of carbonyl (C=O) groups is 2. The van der Waals surface area contributed by atoms with Crippen LogP contribution in [0.15, 0.2) is 36.4 Å². The maximum atomic E-state index is 13.2. The normalized spacial score (nSPS) is 18.7. The fraction of sp³-hybridized carbons (Fsp3) is 0.440. The SMILES string of the molecule is Cc1cc2c(cc1C)CN(C(=O)C1CCN(CCC(=O)Nc3cccc(F)c3)C1)CC2. The van der Waals surface area contributed by atoms with Gasteiger partial charge >= 0.3 is 0 Å². The molecule has 2 aromatic carbocycles. The Balaban J connectivity index is 1.26. The highest BCUT2D eigenvalue weighted by molar-refractivity contribution is 5.90. The van der Waals surface area contributed by atoms with E-state index in [4.69, 9.17) is 0 Å². The van der Waals surface area contributed by atoms with E-state index in [2.05, 4.69) is 36.2 Å². The smallest absolute Gasteiger partial charge is 0.227 e. The van der Waals surface area contributed by atoms with Gasteiger partial charge in [-0.25, -0.2) is 4.39 Å². The van der Waals surface area contributed by atoms with Gasteiger partial charge in [-0.1, -0.05) is 18.2 Å². The Morgan fingerprint density at radius 1 is 1.10 bits per heavy atom. The Morgan fingerprint density at radius 2 is 1.87 bits per heavy atom. The molecule has 164 valence electrons. The Labute approximate surface area is 183 Å². The van der Waals surface area contributed by atoms with Crippen LogP contribution in [0.25, 0.3) is 0 Å². The molecule has 6 heteroatoms. The summed E-state index contributed by atoms with van der Waals surface area (Å²) in [5.41, 5.74) is 5.69. The quantitative estimate of drug-likeness (QED) is 0.798. The van der Waals surface area contributed by atoms with Gasteiger partial charge in [0.25, 0.3) is 0 Å². The van der Waals surface area contributed by atoms with Crippen LogP contribution in [0.1, 0.15) is 35.1 Å². The molecule has 0 aromatic heterocycles. The van der Waals surface area contributed by atoms with Crippen molar-refractivity contribution in [1.29, 1.82) is 0 Å². The van der Waals surface area contributed by atoms with Crippen molar-refractivity contribution in [3.63, 3.8) is 0 Å². The Morgan fingerprint density at radius 3 is 2.65 bits per heavy atom. The lowest BCUT2D eigenvalue weighted by Gasteiger charge is -2.31. The maximum Gasteiger partial charge on any atom is 0.227 e. The van der Waals surface area contributed by atoms with Gasteiger partial charge in [-0.15, -0.1) is 0 Å². The number of anilines is 1. The van der Waals surface area contributed by atoms with Gasteiger partial charge in [-0.3, -0.25) is 9.59 Å². The van der Waals surface area contributed by atoms with Crippen molar-refractivity contribution >= 4 is 17.5 Å². The number of amides is 2. The van der Waals surface area contributed by atoms with E-state index < -0.39 is 0 Å². The summed E-state index contributed by atoms with van der Waals surface area (Å²) in [5, 5.41) is 2.73. The lowest BCUT2D eigenvalue weighted by molar-refractivity contribution is -0.136. The maximum absolute atomic E-state index is 13.2. The zero-order chi connectivity index (χ0) is 22.0. The molecule has 1 atom stereocenters. The minimum Gasteiger partial charge on any atom is -0.338 e. The first-order valence-electron chi connectivity index (χ1n) is 11.0. The fourth-order valence-electron chi connectivity index (χ4n) is 4.59. The Bertz CT molecular complexity index is 991. The van der Waals surface area contributed by atoms with Crippen molar-refractivity contribution in [2.24, 2.45) is 5.92 Å². The van der Waals surface area contributed by atoms with Crippen molar-refractivity contribution in [2.75, 3.05) is 31.5 Å². The van der Waals surface area contributed by atoms with Crippen LogP contribution in [0.3, 0.4) is 0 Å². The lowest BCUT2D eigenvalue weighted by atomic mass is 9.94. The minimum atomic E-state index is -0.371. The van der Waals surface area contributed by atoms with E-state index in [1.54, 1.807) is 12.1 Å². The first-order chi connectivity index (χ1) is 14.9. The number of nitrogens with zero attached hydrogens (tertiary/aromatic N) is 2. The molecule has 2 aliphatic heterocycles. The third-order valence-electron chi connectivity index (χ3n) is 6.52. The highest BCUT2D eigenvalue weighted by Crippen LogP contribution is 2.26. The molecule has 5 nitrogen and oxygen atoms in total. The molecule has 31 heavy (non-hydrogen) atoms. The zero-order valence-corrected chi connectivity index (χ0v) is 18.3. The number of benzene rings is 2. The molecule has 2 aliphatic rings. The Kier molecular flexibility index (Phi) is 6.37. The summed E-state index contributed by atoms with van der Waals surface area (Å²) in [4.78, 5) is 29.5. The van der Waals surface area contributed by atoms with E-state index >= 15 is 0 Å². The first-order valence-corrected chi connectivity index (χ1v) is 11.0. The van der Waals surface area contributed by atoms with Crippen molar-refractivity contribution in [1.82, 2.24) is 9.80 Å². The van der Waals surface area contributed by atoms with Crippen LogP contribution in [0.4, 0.5) is 10.1 Å². The second kappa shape index (κ2) is 9.18. The number of rotatable bonds is 5. The van der Waals surface area contributed by atoms with Crippen LogP contribution in [-0.4, -0.2) is 47.8 Å². The van der Waals surface area contributed by atoms with E-state index in [0.717, 1.165) is 25.9 Å². The molecule has 0 spiro atoms. The third-order valence-corrected chi connectivity index (χ3v) is 6.52. The van der Waals surface area contributed by atoms with Crippen LogP contribution < -0.4 is 5.32 Å². The molecular weight excluding hydrogens is 393 g/mol. The standard InChI is InChI=1S/C25H30FN3O2/c1-17-12-19-7-11-29(16-21(19)13-18(17)2)25(31)20-6-9-28(15-20)10-8-24(30)27-23-5-3-4-22(26)14-23/h3-5,12-14,20H,6-11,15-16H2,1-2H3,(H,27,30). The molecule has 1 fully saturated rings. The molecule has 0 aliphatic carbocycles. The Hall–Kier alpha value is -2.73. The van der Waals surface area contributed by atoms with E-state index in [0.29, 0.717) is 31.7 Å². The highest BCUT2D eigenvalue weighted by atomic mass is 19.1. The average molecular weight is 424 g/mol. The number of hydrogen-bond donors (Lipinski definition) is 1. The van der Waals surface area contributed by atoms with Crippen molar-refractivity contribution < 1.29 is 14.0 Å². The minimum absolute atomic E-state index is 0.000578. The summed E-state index contributed by atoms with van der Waals surface area (Å²) in [6.45, 7) is 7.86. The summed E-state index contributed by atoms with van der Waals surface area (Å²) in [5.74, 6) is -0.280. The summed E-state index contributed by atoms with van der Waals surface area (Å²) in [6.07, 6.45) is 2.08. The molecule has 0 saturated carbocycles. The molecule has 2 aromatic rings. The van der Waals surface area contributed by atoms with Gasteiger partial charge in [-0.2, -0.15) is 0 Å². The topological polar surface area (TPSA) is 52.7 Å². The third kappa shape index (κ3) is 5.13. The van der Waals surface area contributed by atoms with Crippen molar-refractivity contribution in [2.45, 2.75) is 39.7 Å². The zero-order valence-electron chi connectivity index (χ0n) is 18.3. The van der Waals surface area contributed by atoms with Gasteiger partial charge < -0.3 is 15.1 Å². The van der Waals surface area contributed by atoms with Gasteiger partial charge in [0.1, 0.15) is 5.82 Å². The van der Waals surface area contributed by atoms with Crippen LogP contribution >= 0.6 is 0 Å². The number of nitrogens with one attached hydrogen (secondary N) is 1. The molecule has 1 saturated heterocycles. The van der Waals surface area contributed by atoms with Gasteiger partial charge in [-0.05, 0) is 73.7 Å². The number of halogens is 1. The molecule has 2 heterocycles. The molecular formula is C25H30FN3O2. The number of likely N-dealkylation sites (tertiary alicyclic amines) is 1. The second-order valence-corrected chi connectivity index (χ2v) is 8.81. The lowest BCUT2D eigenvalue weighted by Crippen LogP contribution is -2.40. The van der Waals surface area contributed by atoms with Gasteiger partial charge in [0.2, 0.25) is 11.8 Å². The van der Waals surface area contributed by atoms with Crippen molar-refractivity contribution in [3.05, 3.63) is 64.5 Å². The number of hydrogen-bond acceptors (Lipinski definition) is 3. The molecule has 0 bridgehead atoms. The van der Waals surface area contributed by atoms with Gasteiger partial charge in [0.05, 0.1) is 5.92 Å². The predicted octanol–water partition coefficient (Wildman–Crippen LogP) is 3.68. The summed E-state index contributed by atoms with van der Waals surface area (Å²) in [7, 11) is 0. The number of fused-ring (bicyclic) bond motifs is 1. The monoisotopic (exact) mass is 423 g/mol. The molecule has 4 rings (SSSR count). The van der Waals surface area contributed by atoms with Gasteiger partial charge in [0, 0.05) is 38.3 Å². The van der Waals surface area contributed by atoms with Crippen molar-refractivity contribution in [3.8, 4) is 0 Å². The average Bonchev–Trinajstić information content (AvgIpc) is 3.21. The summed E-state index contributed by atoms with van der Waals surface area (Å²) >= 11 is 0. The molecule has 2 amide bonds. The molecule has 1 unspecified atom stereocenters. The van der Waals surface area contributed by atoms with Crippen LogP contribution in [0, 0.1) is 25.6 Å². The van der Waals surface area contributed by atoms with Gasteiger partial charge in [0.15, 0.2) is 0 Å². The number of carbonyl (C=O) groups excluding carboxylic acids is 2. The largest absolute Gasteiger partial charge is 0.338 e. The highest BCUT2D eigenvalue weighted by Gasteiger charge is 2.32. The second-order valence-electron chi connectivity index (χ2n) is 8.81. The summed E-state index contributed by atoms with van der Waals surface area (Å²) in [6, 6.07) is 10.4. The van der Waals surface area contributed by atoms with E-state index in [1.165, 1.54) is 34.4 Å². The first kappa shape index (κ1) is 21.5. The van der Waals surface area contributed by atoms with Crippen LogP contribution in [-0.2, 0) is 22.6 Å². The molecule has 1 N–H and O–H groups in total. The van der Waals surface area contributed by atoms with E-state index in [9.17, 15) is 14.0 Å². The van der Waals surface area contributed by atoms with E-state index in [1.807, 2.05) is 4.90 Å². The number of aryl methyl sites for hydroxylation is 2. The summed E-state index contributed by atoms with van der Waals surface area (Å²) < 4.78 is 13.2. The van der Waals surface area contributed by atoms with Crippen LogP contribution in [0.5, 0.6) is 0 Å². The van der Waals surface area contributed by atoms with Crippen LogP contribution in [0.2, 0.25) is 0 Å².